The van der Waals surface area contributed by atoms with Crippen molar-refractivity contribution in [3.63, 3.8) is 0 Å². The lowest BCUT2D eigenvalue weighted by Crippen LogP contribution is -2.21. The molecule has 0 aliphatic carbocycles. The van der Waals surface area contributed by atoms with Gasteiger partial charge in [-0.3, -0.25) is 0 Å². The molecule has 1 N–H and O–H groups in total. The topological polar surface area (TPSA) is 37.8 Å². The minimum atomic E-state index is -0.424. The second kappa shape index (κ2) is 5.73. The normalized spacial score (nSPS) is 11.2. The average molecular weight is 286 g/mol. The molecule has 0 unspecified atom stereocenters. The van der Waals surface area contributed by atoms with Crippen molar-refractivity contribution < 1.29 is 4.39 Å². The number of benzene rings is 1. The first kappa shape index (κ1) is 13.4. The molecule has 0 aliphatic rings. The molecule has 96 valence electrons. The van der Waals surface area contributed by atoms with Gasteiger partial charge >= 0.3 is 0 Å². The number of hydrogen-bond donors (Lipinski definition) is 1. The third kappa shape index (κ3) is 3.25. The molecule has 2 aromatic rings. The Morgan fingerprint density at radius 2 is 2.17 bits per heavy atom. The number of aromatic nitrogens is 2. The van der Waals surface area contributed by atoms with Crippen molar-refractivity contribution in [3.8, 4) is 10.6 Å². The molecule has 0 spiro atoms. The van der Waals surface area contributed by atoms with Gasteiger partial charge < -0.3 is 5.32 Å². The van der Waals surface area contributed by atoms with Crippen LogP contribution in [0.4, 0.5) is 4.39 Å². The summed E-state index contributed by atoms with van der Waals surface area (Å²) < 4.78 is 13.1. The molecule has 6 heteroatoms. The van der Waals surface area contributed by atoms with Crippen LogP contribution in [0.1, 0.15) is 18.9 Å². The summed E-state index contributed by atoms with van der Waals surface area (Å²) in [5, 5.41) is 13.2. The van der Waals surface area contributed by atoms with Crippen molar-refractivity contribution in [2.75, 3.05) is 0 Å². The van der Waals surface area contributed by atoms with Gasteiger partial charge in [-0.15, -0.1) is 10.2 Å². The fourth-order valence-electron chi connectivity index (χ4n) is 1.36. The van der Waals surface area contributed by atoms with Gasteiger partial charge in [0.25, 0.3) is 0 Å². The van der Waals surface area contributed by atoms with Gasteiger partial charge in [-0.25, -0.2) is 4.39 Å². The van der Waals surface area contributed by atoms with Crippen LogP contribution in [0.25, 0.3) is 10.6 Å². The second-order valence-corrected chi connectivity index (χ2v) is 5.63. The number of hydrogen-bond acceptors (Lipinski definition) is 4. The molecule has 18 heavy (non-hydrogen) atoms. The van der Waals surface area contributed by atoms with E-state index >= 15 is 0 Å². The van der Waals surface area contributed by atoms with Gasteiger partial charge in [-0.05, 0) is 18.2 Å². The summed E-state index contributed by atoms with van der Waals surface area (Å²) in [5.74, 6) is -0.424. The maximum Gasteiger partial charge on any atom is 0.147 e. The van der Waals surface area contributed by atoms with Crippen LogP contribution in [0.3, 0.4) is 0 Å². The van der Waals surface area contributed by atoms with Crippen LogP contribution in [0.2, 0.25) is 5.02 Å². The van der Waals surface area contributed by atoms with Crippen LogP contribution in [-0.2, 0) is 6.54 Å². The lowest BCUT2D eigenvalue weighted by atomic mass is 10.2. The highest BCUT2D eigenvalue weighted by Gasteiger charge is 2.09. The Hall–Kier alpha value is -1.04. The molecule has 3 nitrogen and oxygen atoms in total. The van der Waals surface area contributed by atoms with Crippen LogP contribution in [-0.4, -0.2) is 16.2 Å². The van der Waals surface area contributed by atoms with Gasteiger partial charge in [0.05, 0.1) is 5.02 Å². The molecular formula is C12H13ClFN3S. The first-order valence-electron chi connectivity index (χ1n) is 5.57. The van der Waals surface area contributed by atoms with Crippen molar-refractivity contribution in [3.05, 3.63) is 34.0 Å². The summed E-state index contributed by atoms with van der Waals surface area (Å²) in [6.45, 7) is 4.83. The first-order chi connectivity index (χ1) is 8.56. The van der Waals surface area contributed by atoms with E-state index in [1.165, 1.54) is 17.4 Å². The zero-order valence-electron chi connectivity index (χ0n) is 10.1. The van der Waals surface area contributed by atoms with Gasteiger partial charge in [0, 0.05) is 18.2 Å². The van der Waals surface area contributed by atoms with Gasteiger partial charge in [0.2, 0.25) is 0 Å². The van der Waals surface area contributed by atoms with Crippen molar-refractivity contribution >= 4 is 22.9 Å². The molecular weight excluding hydrogens is 273 g/mol. The Bertz CT molecular complexity index is 542. The maximum atomic E-state index is 13.1. The Kier molecular flexibility index (Phi) is 4.27. The van der Waals surface area contributed by atoms with Crippen molar-refractivity contribution in [2.45, 2.75) is 26.4 Å². The second-order valence-electron chi connectivity index (χ2n) is 4.17. The fourth-order valence-corrected chi connectivity index (χ4v) is 2.33. The average Bonchev–Trinajstić information content (AvgIpc) is 2.79. The number of nitrogens with zero attached hydrogens (tertiary/aromatic N) is 2. The van der Waals surface area contributed by atoms with E-state index in [1.807, 2.05) is 0 Å². The van der Waals surface area contributed by atoms with E-state index < -0.39 is 5.82 Å². The molecule has 0 saturated carbocycles. The molecule has 1 aromatic carbocycles. The summed E-state index contributed by atoms with van der Waals surface area (Å²) >= 11 is 7.22. The number of rotatable bonds is 4. The smallest absolute Gasteiger partial charge is 0.147 e. The molecule has 0 aliphatic heterocycles. The SMILES string of the molecule is CC(C)NCc1nnc(-c2ccc(F)c(Cl)c2)s1. The highest BCUT2D eigenvalue weighted by Crippen LogP contribution is 2.27. The Morgan fingerprint density at radius 3 is 2.83 bits per heavy atom. The highest BCUT2D eigenvalue weighted by molar-refractivity contribution is 7.14. The largest absolute Gasteiger partial charge is 0.308 e. The van der Waals surface area contributed by atoms with Crippen LogP contribution < -0.4 is 5.32 Å². The van der Waals surface area contributed by atoms with Gasteiger partial charge in [-0.2, -0.15) is 0 Å². The Labute approximate surface area is 114 Å². The molecule has 0 fully saturated rings. The van der Waals surface area contributed by atoms with E-state index in [1.54, 1.807) is 12.1 Å². The molecule has 0 bridgehead atoms. The number of halogens is 2. The quantitative estimate of drug-likeness (QED) is 0.934. The lowest BCUT2D eigenvalue weighted by Gasteiger charge is -2.03. The fraction of sp³-hybridized carbons (Fsp3) is 0.333. The summed E-state index contributed by atoms with van der Waals surface area (Å²) in [6, 6.07) is 4.96. The van der Waals surface area contributed by atoms with E-state index in [0.717, 1.165) is 15.6 Å². The van der Waals surface area contributed by atoms with Crippen LogP contribution >= 0.6 is 22.9 Å². The van der Waals surface area contributed by atoms with E-state index in [0.29, 0.717) is 12.6 Å². The van der Waals surface area contributed by atoms with E-state index in [9.17, 15) is 4.39 Å². The van der Waals surface area contributed by atoms with Crippen LogP contribution in [0, 0.1) is 5.82 Å². The molecule has 0 amide bonds. The summed E-state index contributed by atoms with van der Waals surface area (Å²) in [6.07, 6.45) is 0. The third-order valence-corrected chi connectivity index (χ3v) is 3.56. The van der Waals surface area contributed by atoms with Gasteiger partial charge in [0.15, 0.2) is 0 Å². The molecule has 0 atom stereocenters. The molecule has 1 heterocycles. The third-order valence-electron chi connectivity index (χ3n) is 2.29. The first-order valence-corrected chi connectivity index (χ1v) is 6.77. The van der Waals surface area contributed by atoms with E-state index in [2.05, 4.69) is 29.4 Å². The Balaban J connectivity index is 2.16. The summed E-state index contributed by atoms with van der Waals surface area (Å²) in [5.41, 5.74) is 0.787. The van der Waals surface area contributed by atoms with Crippen LogP contribution in [0.15, 0.2) is 18.2 Å². The minimum Gasteiger partial charge on any atom is -0.308 e. The Morgan fingerprint density at radius 1 is 1.39 bits per heavy atom. The van der Waals surface area contributed by atoms with Crippen LogP contribution in [0.5, 0.6) is 0 Å². The maximum absolute atomic E-state index is 13.1. The predicted molar refractivity (Wildman–Crippen MR) is 72.3 cm³/mol. The minimum absolute atomic E-state index is 0.101. The van der Waals surface area contributed by atoms with Crippen molar-refractivity contribution in [1.29, 1.82) is 0 Å². The molecule has 1 aromatic heterocycles. The summed E-state index contributed by atoms with van der Waals surface area (Å²) in [4.78, 5) is 0. The molecule has 0 radical (unpaired) electrons. The molecule has 2 rings (SSSR count). The van der Waals surface area contributed by atoms with E-state index in [4.69, 9.17) is 11.6 Å². The predicted octanol–water partition coefficient (Wildman–Crippen LogP) is 3.50. The highest BCUT2D eigenvalue weighted by atomic mass is 35.5. The van der Waals surface area contributed by atoms with Gasteiger partial charge in [-0.1, -0.05) is 36.8 Å². The van der Waals surface area contributed by atoms with E-state index in [-0.39, 0.29) is 5.02 Å². The van der Waals surface area contributed by atoms with Gasteiger partial charge in [0.1, 0.15) is 15.8 Å². The zero-order valence-corrected chi connectivity index (χ0v) is 11.6. The van der Waals surface area contributed by atoms with Crippen molar-refractivity contribution in [2.24, 2.45) is 0 Å². The summed E-state index contributed by atoms with van der Waals surface area (Å²) in [7, 11) is 0. The standard InChI is InChI=1S/C12H13ClFN3S/c1-7(2)15-6-11-16-17-12(18-11)8-3-4-10(14)9(13)5-8/h3-5,7,15H,6H2,1-2H3. The number of nitrogens with one attached hydrogen (secondary N) is 1. The van der Waals surface area contributed by atoms with Crippen molar-refractivity contribution in [1.82, 2.24) is 15.5 Å². The monoisotopic (exact) mass is 285 g/mol. The molecule has 0 saturated heterocycles. The zero-order chi connectivity index (χ0) is 13.1. The lowest BCUT2D eigenvalue weighted by molar-refractivity contribution is 0.585.